The standard InChI is InChI=1S/C20H21NO4/c1-13-9-10-15(14(2)11-13)19(23)16-7-5-6-8-17(16)20(24)21(3)12-18(22)25-4/h5-11H,12H2,1-4H3. The molecule has 2 aromatic carbocycles. The molecule has 0 aliphatic carbocycles. The molecule has 0 atom stereocenters. The van der Waals surface area contributed by atoms with Gasteiger partial charge in [0.15, 0.2) is 5.78 Å². The van der Waals surface area contributed by atoms with Gasteiger partial charge in [0.05, 0.1) is 12.7 Å². The van der Waals surface area contributed by atoms with Gasteiger partial charge in [-0.15, -0.1) is 0 Å². The van der Waals surface area contributed by atoms with E-state index in [2.05, 4.69) is 4.74 Å². The average Bonchev–Trinajstić information content (AvgIpc) is 2.60. The number of likely N-dealkylation sites (N-methyl/N-ethyl adjacent to an activating group) is 1. The number of ether oxygens (including phenoxy) is 1. The Balaban J connectivity index is 2.39. The summed E-state index contributed by atoms with van der Waals surface area (Å²) < 4.78 is 4.58. The van der Waals surface area contributed by atoms with Gasteiger partial charge in [-0.1, -0.05) is 42.0 Å². The zero-order chi connectivity index (χ0) is 18.6. The number of hydrogen-bond donors (Lipinski definition) is 0. The third kappa shape index (κ3) is 4.12. The third-order valence-corrected chi connectivity index (χ3v) is 3.97. The highest BCUT2D eigenvalue weighted by atomic mass is 16.5. The van der Waals surface area contributed by atoms with Crippen LogP contribution in [0.25, 0.3) is 0 Å². The Labute approximate surface area is 147 Å². The summed E-state index contributed by atoms with van der Waals surface area (Å²) in [6.45, 7) is 3.65. The monoisotopic (exact) mass is 339 g/mol. The fourth-order valence-electron chi connectivity index (χ4n) is 2.62. The van der Waals surface area contributed by atoms with Gasteiger partial charge in [0, 0.05) is 18.2 Å². The summed E-state index contributed by atoms with van der Waals surface area (Å²) in [6, 6.07) is 12.2. The minimum Gasteiger partial charge on any atom is -0.468 e. The maximum absolute atomic E-state index is 12.9. The second-order valence-corrected chi connectivity index (χ2v) is 5.93. The molecule has 0 saturated heterocycles. The van der Waals surface area contributed by atoms with Crippen LogP contribution in [0.15, 0.2) is 42.5 Å². The molecule has 0 unspecified atom stereocenters. The van der Waals surface area contributed by atoms with Crippen molar-refractivity contribution in [1.82, 2.24) is 4.90 Å². The van der Waals surface area contributed by atoms with Gasteiger partial charge in [-0.05, 0) is 25.5 Å². The quantitative estimate of drug-likeness (QED) is 0.621. The van der Waals surface area contributed by atoms with Gasteiger partial charge < -0.3 is 9.64 Å². The summed E-state index contributed by atoms with van der Waals surface area (Å²) >= 11 is 0. The number of methoxy groups -OCH3 is 1. The lowest BCUT2D eigenvalue weighted by Crippen LogP contribution is -2.33. The molecule has 0 aromatic heterocycles. The molecule has 0 saturated carbocycles. The van der Waals surface area contributed by atoms with E-state index in [-0.39, 0.29) is 17.9 Å². The zero-order valence-electron chi connectivity index (χ0n) is 14.8. The summed E-state index contributed by atoms with van der Waals surface area (Å²) in [5.41, 5.74) is 3.06. The first-order chi connectivity index (χ1) is 11.8. The smallest absolute Gasteiger partial charge is 0.325 e. The Hall–Kier alpha value is -2.95. The number of carbonyl (C=O) groups is 3. The molecular weight excluding hydrogens is 318 g/mol. The Bertz CT molecular complexity index is 826. The molecule has 0 aliphatic rings. The number of nitrogens with zero attached hydrogens (tertiary/aromatic N) is 1. The first-order valence-electron chi connectivity index (χ1n) is 7.88. The lowest BCUT2D eigenvalue weighted by molar-refractivity contribution is -0.141. The van der Waals surface area contributed by atoms with Crippen molar-refractivity contribution >= 4 is 17.7 Å². The van der Waals surface area contributed by atoms with Crippen molar-refractivity contribution in [2.24, 2.45) is 0 Å². The number of amides is 1. The molecule has 0 fully saturated rings. The Morgan fingerprint density at radius 2 is 1.60 bits per heavy atom. The molecule has 2 rings (SSSR count). The molecular formula is C20H21NO4. The second kappa shape index (κ2) is 7.75. The van der Waals surface area contributed by atoms with E-state index in [4.69, 9.17) is 0 Å². The van der Waals surface area contributed by atoms with E-state index in [0.29, 0.717) is 11.1 Å². The first kappa shape index (κ1) is 18.4. The van der Waals surface area contributed by atoms with Crippen LogP contribution in [0.4, 0.5) is 0 Å². The van der Waals surface area contributed by atoms with Gasteiger partial charge in [-0.25, -0.2) is 0 Å². The van der Waals surface area contributed by atoms with E-state index >= 15 is 0 Å². The van der Waals surface area contributed by atoms with Gasteiger partial charge in [0.1, 0.15) is 6.54 Å². The van der Waals surface area contributed by atoms with E-state index in [1.165, 1.54) is 19.1 Å². The Morgan fingerprint density at radius 3 is 2.20 bits per heavy atom. The van der Waals surface area contributed by atoms with Crippen LogP contribution in [0.3, 0.4) is 0 Å². The van der Waals surface area contributed by atoms with E-state index in [0.717, 1.165) is 11.1 Å². The van der Waals surface area contributed by atoms with E-state index < -0.39 is 11.9 Å². The maximum Gasteiger partial charge on any atom is 0.325 e. The van der Waals surface area contributed by atoms with Crippen molar-refractivity contribution in [3.8, 4) is 0 Å². The summed E-state index contributed by atoms with van der Waals surface area (Å²) in [5.74, 6) is -1.14. The molecule has 0 heterocycles. The van der Waals surface area contributed by atoms with Crippen molar-refractivity contribution in [3.05, 3.63) is 70.3 Å². The predicted molar refractivity (Wildman–Crippen MR) is 94.8 cm³/mol. The van der Waals surface area contributed by atoms with Crippen LogP contribution in [0.2, 0.25) is 0 Å². The van der Waals surface area contributed by atoms with Crippen molar-refractivity contribution in [1.29, 1.82) is 0 Å². The molecule has 1 amide bonds. The molecule has 0 radical (unpaired) electrons. The highest BCUT2D eigenvalue weighted by molar-refractivity contribution is 6.16. The minimum atomic E-state index is -0.519. The van der Waals surface area contributed by atoms with Crippen molar-refractivity contribution < 1.29 is 19.1 Å². The number of esters is 1. The fourth-order valence-corrected chi connectivity index (χ4v) is 2.62. The molecule has 0 bridgehead atoms. The number of rotatable bonds is 5. The maximum atomic E-state index is 12.9. The van der Waals surface area contributed by atoms with E-state index in [1.54, 1.807) is 30.3 Å². The summed E-state index contributed by atoms with van der Waals surface area (Å²) in [4.78, 5) is 38.2. The van der Waals surface area contributed by atoms with Gasteiger partial charge in [-0.3, -0.25) is 14.4 Å². The number of benzene rings is 2. The normalized spacial score (nSPS) is 10.2. The van der Waals surface area contributed by atoms with Crippen LogP contribution in [-0.4, -0.2) is 43.3 Å². The molecule has 25 heavy (non-hydrogen) atoms. The molecule has 0 aliphatic heterocycles. The lowest BCUT2D eigenvalue weighted by Gasteiger charge is -2.17. The van der Waals surface area contributed by atoms with E-state index in [9.17, 15) is 14.4 Å². The third-order valence-electron chi connectivity index (χ3n) is 3.97. The SMILES string of the molecule is COC(=O)CN(C)C(=O)c1ccccc1C(=O)c1ccc(C)cc1C. The summed E-state index contributed by atoms with van der Waals surface area (Å²) in [6.07, 6.45) is 0. The van der Waals surface area contributed by atoms with Crippen LogP contribution in [0.5, 0.6) is 0 Å². The molecule has 0 spiro atoms. The van der Waals surface area contributed by atoms with E-state index in [1.807, 2.05) is 26.0 Å². The highest BCUT2D eigenvalue weighted by Crippen LogP contribution is 2.19. The first-order valence-corrected chi connectivity index (χ1v) is 7.88. The molecule has 2 aromatic rings. The Kier molecular flexibility index (Phi) is 5.70. The fraction of sp³-hybridized carbons (Fsp3) is 0.250. The van der Waals surface area contributed by atoms with Gasteiger partial charge in [-0.2, -0.15) is 0 Å². The topological polar surface area (TPSA) is 63.7 Å². The van der Waals surface area contributed by atoms with Crippen LogP contribution in [0, 0.1) is 13.8 Å². The van der Waals surface area contributed by atoms with Crippen molar-refractivity contribution in [3.63, 3.8) is 0 Å². The zero-order valence-corrected chi connectivity index (χ0v) is 14.8. The molecule has 130 valence electrons. The van der Waals surface area contributed by atoms with Crippen molar-refractivity contribution in [2.75, 3.05) is 20.7 Å². The van der Waals surface area contributed by atoms with Crippen molar-refractivity contribution in [2.45, 2.75) is 13.8 Å². The number of ketones is 1. The molecule has 5 heteroatoms. The lowest BCUT2D eigenvalue weighted by atomic mass is 9.94. The second-order valence-electron chi connectivity index (χ2n) is 5.93. The summed E-state index contributed by atoms with van der Waals surface area (Å²) in [7, 11) is 2.76. The van der Waals surface area contributed by atoms with Crippen LogP contribution >= 0.6 is 0 Å². The van der Waals surface area contributed by atoms with Crippen LogP contribution in [0.1, 0.15) is 37.4 Å². The van der Waals surface area contributed by atoms with Gasteiger partial charge >= 0.3 is 5.97 Å². The predicted octanol–water partition coefficient (Wildman–Crippen LogP) is 2.78. The highest BCUT2D eigenvalue weighted by Gasteiger charge is 2.22. The molecule has 0 N–H and O–H groups in total. The minimum absolute atomic E-state index is 0.179. The van der Waals surface area contributed by atoms with Gasteiger partial charge in [0.25, 0.3) is 5.91 Å². The number of carbonyl (C=O) groups excluding carboxylic acids is 3. The van der Waals surface area contributed by atoms with Gasteiger partial charge in [0.2, 0.25) is 0 Å². The van der Waals surface area contributed by atoms with Crippen LogP contribution < -0.4 is 0 Å². The number of aryl methyl sites for hydroxylation is 2. The van der Waals surface area contributed by atoms with Crippen LogP contribution in [-0.2, 0) is 9.53 Å². The largest absolute Gasteiger partial charge is 0.468 e. The summed E-state index contributed by atoms with van der Waals surface area (Å²) in [5, 5.41) is 0. The number of hydrogen-bond acceptors (Lipinski definition) is 4. The molecule has 5 nitrogen and oxygen atoms in total. The average molecular weight is 339 g/mol. The Morgan fingerprint density at radius 1 is 0.960 bits per heavy atom.